The van der Waals surface area contributed by atoms with Gasteiger partial charge in [0, 0.05) is 42.4 Å². The second-order valence-corrected chi connectivity index (χ2v) is 5.07. The zero-order valence-corrected chi connectivity index (χ0v) is 11.1. The predicted octanol–water partition coefficient (Wildman–Crippen LogP) is 2.42. The average molecular weight is 258 g/mol. The molecule has 1 amide bonds. The Hall–Kier alpha value is -1.81. The summed E-state index contributed by atoms with van der Waals surface area (Å²) in [4.78, 5) is 17.6. The molecule has 1 atom stereocenters. The first-order valence-electron chi connectivity index (χ1n) is 6.72. The molecule has 2 heterocycles. The standard InChI is InChI=1S/C15H18N2O2/c1-11-10-17(7-2-8-19-11)15(18)13-3-4-14-12(9-13)5-6-16-14/h3-6,9,11,16H,2,7-8,10H2,1H3. The highest BCUT2D eigenvalue weighted by Crippen LogP contribution is 2.17. The van der Waals surface area contributed by atoms with Gasteiger partial charge >= 0.3 is 0 Å². The molecule has 0 aliphatic carbocycles. The van der Waals surface area contributed by atoms with Crippen LogP contribution in [0.15, 0.2) is 30.5 Å². The maximum Gasteiger partial charge on any atom is 0.253 e. The molecule has 1 aliphatic rings. The van der Waals surface area contributed by atoms with E-state index in [2.05, 4.69) is 4.98 Å². The molecule has 2 aromatic rings. The number of amides is 1. The van der Waals surface area contributed by atoms with E-state index in [1.165, 1.54) is 0 Å². The lowest BCUT2D eigenvalue weighted by Gasteiger charge is -2.22. The summed E-state index contributed by atoms with van der Waals surface area (Å²) in [7, 11) is 0. The highest BCUT2D eigenvalue weighted by Gasteiger charge is 2.21. The van der Waals surface area contributed by atoms with Crippen molar-refractivity contribution in [3.05, 3.63) is 36.0 Å². The van der Waals surface area contributed by atoms with Crippen LogP contribution in [0.2, 0.25) is 0 Å². The molecule has 1 N–H and O–H groups in total. The number of nitrogens with zero attached hydrogens (tertiary/aromatic N) is 1. The summed E-state index contributed by atoms with van der Waals surface area (Å²) in [5, 5.41) is 1.07. The van der Waals surface area contributed by atoms with E-state index in [4.69, 9.17) is 4.74 Å². The van der Waals surface area contributed by atoms with Crippen LogP contribution in [0.4, 0.5) is 0 Å². The minimum atomic E-state index is 0.0976. The van der Waals surface area contributed by atoms with Gasteiger partial charge in [0.15, 0.2) is 0 Å². The highest BCUT2D eigenvalue weighted by atomic mass is 16.5. The Bertz CT molecular complexity index is 591. The molecule has 0 radical (unpaired) electrons. The van der Waals surface area contributed by atoms with E-state index in [1.54, 1.807) is 0 Å². The number of rotatable bonds is 1. The van der Waals surface area contributed by atoms with E-state index in [1.807, 2.05) is 42.3 Å². The first-order chi connectivity index (χ1) is 9.24. The first kappa shape index (κ1) is 12.2. The summed E-state index contributed by atoms with van der Waals surface area (Å²) in [6.07, 6.45) is 2.91. The van der Waals surface area contributed by atoms with Crippen molar-refractivity contribution in [1.82, 2.24) is 9.88 Å². The lowest BCUT2D eigenvalue weighted by molar-refractivity contribution is 0.0563. The Kier molecular flexibility index (Phi) is 3.25. The van der Waals surface area contributed by atoms with Gasteiger partial charge in [-0.1, -0.05) is 0 Å². The number of nitrogens with one attached hydrogen (secondary N) is 1. The number of H-pyrrole nitrogens is 1. The van der Waals surface area contributed by atoms with Crippen molar-refractivity contribution in [2.75, 3.05) is 19.7 Å². The third-order valence-electron chi connectivity index (χ3n) is 3.54. The molecule has 1 saturated heterocycles. The molecule has 1 aliphatic heterocycles. The van der Waals surface area contributed by atoms with E-state index in [0.717, 1.165) is 36.0 Å². The van der Waals surface area contributed by atoms with Crippen molar-refractivity contribution >= 4 is 16.8 Å². The summed E-state index contributed by atoms with van der Waals surface area (Å²) in [6.45, 7) is 4.20. The number of aromatic nitrogens is 1. The van der Waals surface area contributed by atoms with Crippen LogP contribution < -0.4 is 0 Å². The minimum absolute atomic E-state index is 0.0976. The normalized spacial score (nSPS) is 20.5. The van der Waals surface area contributed by atoms with E-state index in [9.17, 15) is 4.79 Å². The number of benzene rings is 1. The Morgan fingerprint density at radius 3 is 3.21 bits per heavy atom. The first-order valence-corrected chi connectivity index (χ1v) is 6.72. The number of hydrogen-bond donors (Lipinski definition) is 1. The monoisotopic (exact) mass is 258 g/mol. The molecule has 100 valence electrons. The van der Waals surface area contributed by atoms with Gasteiger partial charge in [-0.3, -0.25) is 4.79 Å². The number of aromatic amines is 1. The van der Waals surface area contributed by atoms with Crippen molar-refractivity contribution in [1.29, 1.82) is 0 Å². The van der Waals surface area contributed by atoms with E-state index >= 15 is 0 Å². The van der Waals surface area contributed by atoms with Crippen LogP contribution >= 0.6 is 0 Å². The van der Waals surface area contributed by atoms with Gasteiger partial charge in [0.2, 0.25) is 0 Å². The third kappa shape index (κ3) is 2.49. The fourth-order valence-corrected chi connectivity index (χ4v) is 2.55. The Labute approximate surface area is 112 Å². The van der Waals surface area contributed by atoms with Gasteiger partial charge in [0.05, 0.1) is 6.10 Å². The zero-order valence-electron chi connectivity index (χ0n) is 11.1. The van der Waals surface area contributed by atoms with Gasteiger partial charge in [-0.15, -0.1) is 0 Å². The van der Waals surface area contributed by atoms with E-state index < -0.39 is 0 Å². The zero-order chi connectivity index (χ0) is 13.2. The molecule has 1 aromatic carbocycles. The molecule has 0 bridgehead atoms. The SMILES string of the molecule is CC1CN(C(=O)c2ccc3[nH]ccc3c2)CCCO1. The molecule has 0 saturated carbocycles. The maximum absolute atomic E-state index is 12.5. The van der Waals surface area contributed by atoms with E-state index in [0.29, 0.717) is 6.54 Å². The lowest BCUT2D eigenvalue weighted by Crippen LogP contribution is -2.35. The van der Waals surface area contributed by atoms with Gasteiger partial charge in [0.25, 0.3) is 5.91 Å². The fraction of sp³-hybridized carbons (Fsp3) is 0.400. The van der Waals surface area contributed by atoms with Crippen molar-refractivity contribution in [3.63, 3.8) is 0 Å². The number of fused-ring (bicyclic) bond motifs is 1. The van der Waals surface area contributed by atoms with Crippen LogP contribution in [0.5, 0.6) is 0 Å². The Balaban J connectivity index is 1.85. The van der Waals surface area contributed by atoms with Gasteiger partial charge in [0.1, 0.15) is 0 Å². The topological polar surface area (TPSA) is 45.3 Å². The summed E-state index contributed by atoms with van der Waals surface area (Å²) < 4.78 is 5.58. The van der Waals surface area contributed by atoms with Crippen molar-refractivity contribution in [2.45, 2.75) is 19.4 Å². The van der Waals surface area contributed by atoms with Crippen LogP contribution in [0.3, 0.4) is 0 Å². The summed E-state index contributed by atoms with van der Waals surface area (Å²) in [6, 6.07) is 7.78. The summed E-state index contributed by atoms with van der Waals surface area (Å²) >= 11 is 0. The van der Waals surface area contributed by atoms with Crippen molar-refractivity contribution in [2.24, 2.45) is 0 Å². The van der Waals surface area contributed by atoms with Gasteiger partial charge in [-0.05, 0) is 37.6 Å². The molecule has 4 nitrogen and oxygen atoms in total. The van der Waals surface area contributed by atoms with Crippen LogP contribution in [-0.2, 0) is 4.74 Å². The number of carbonyl (C=O) groups excluding carboxylic acids is 1. The highest BCUT2D eigenvalue weighted by molar-refractivity contribution is 5.98. The Morgan fingerprint density at radius 1 is 1.42 bits per heavy atom. The van der Waals surface area contributed by atoms with Crippen LogP contribution in [0.25, 0.3) is 10.9 Å². The summed E-state index contributed by atoms with van der Waals surface area (Å²) in [5.74, 6) is 0.0976. The molecule has 1 aromatic heterocycles. The van der Waals surface area contributed by atoms with Gasteiger partial charge in [-0.2, -0.15) is 0 Å². The molecular weight excluding hydrogens is 240 g/mol. The molecule has 19 heavy (non-hydrogen) atoms. The molecule has 4 heteroatoms. The number of carbonyl (C=O) groups is 1. The van der Waals surface area contributed by atoms with Crippen LogP contribution in [0, 0.1) is 0 Å². The maximum atomic E-state index is 12.5. The average Bonchev–Trinajstić information content (AvgIpc) is 2.78. The number of ether oxygens (including phenoxy) is 1. The predicted molar refractivity (Wildman–Crippen MR) is 74.2 cm³/mol. The van der Waals surface area contributed by atoms with Crippen LogP contribution in [0.1, 0.15) is 23.7 Å². The van der Waals surface area contributed by atoms with Crippen LogP contribution in [-0.4, -0.2) is 41.6 Å². The van der Waals surface area contributed by atoms with Crippen molar-refractivity contribution in [3.8, 4) is 0 Å². The van der Waals surface area contributed by atoms with Crippen molar-refractivity contribution < 1.29 is 9.53 Å². The third-order valence-corrected chi connectivity index (χ3v) is 3.54. The van der Waals surface area contributed by atoms with E-state index in [-0.39, 0.29) is 12.0 Å². The van der Waals surface area contributed by atoms with Gasteiger partial charge in [-0.25, -0.2) is 0 Å². The summed E-state index contributed by atoms with van der Waals surface area (Å²) in [5.41, 5.74) is 1.81. The second-order valence-electron chi connectivity index (χ2n) is 5.07. The molecule has 3 rings (SSSR count). The lowest BCUT2D eigenvalue weighted by atomic mass is 10.1. The Morgan fingerprint density at radius 2 is 2.32 bits per heavy atom. The smallest absolute Gasteiger partial charge is 0.253 e. The molecular formula is C15H18N2O2. The van der Waals surface area contributed by atoms with Gasteiger partial charge < -0.3 is 14.6 Å². The minimum Gasteiger partial charge on any atom is -0.377 e. The second kappa shape index (κ2) is 5.05. The fourth-order valence-electron chi connectivity index (χ4n) is 2.55. The number of hydrogen-bond acceptors (Lipinski definition) is 2. The molecule has 1 fully saturated rings. The quantitative estimate of drug-likeness (QED) is 0.853. The molecule has 0 spiro atoms. The largest absolute Gasteiger partial charge is 0.377 e. The molecule has 1 unspecified atom stereocenters.